The van der Waals surface area contributed by atoms with Crippen molar-refractivity contribution in [2.75, 3.05) is 0 Å². The Kier molecular flexibility index (Phi) is 4.05. The Morgan fingerprint density at radius 1 is 1.35 bits per heavy atom. The van der Waals surface area contributed by atoms with Gasteiger partial charge in [-0.05, 0) is 43.9 Å². The first-order valence-corrected chi connectivity index (χ1v) is 6.77. The summed E-state index contributed by atoms with van der Waals surface area (Å²) >= 11 is 3.40. The van der Waals surface area contributed by atoms with E-state index < -0.39 is 0 Å². The van der Waals surface area contributed by atoms with E-state index in [1.165, 1.54) is 6.42 Å². The fourth-order valence-electron chi connectivity index (χ4n) is 1.81. The maximum atomic E-state index is 11.7. The normalized spacial score (nSPS) is 17.1. The highest BCUT2D eigenvalue weighted by Gasteiger charge is 2.20. The number of carbonyl (C=O) groups excluding carboxylic acids is 1. The largest absolute Gasteiger partial charge is 0.335 e. The summed E-state index contributed by atoms with van der Waals surface area (Å²) in [5.41, 5.74) is 1.11. The molecule has 0 aromatic heterocycles. The van der Waals surface area contributed by atoms with Crippen molar-refractivity contribution in [2.45, 2.75) is 38.3 Å². The molecule has 1 atom stereocenters. The first-order chi connectivity index (χ1) is 8.15. The number of rotatable bonds is 3. The second-order valence-electron chi connectivity index (χ2n) is 4.52. The fraction of sp³-hybridized carbons (Fsp3) is 0.462. The van der Waals surface area contributed by atoms with E-state index in [-0.39, 0.29) is 12.1 Å². The zero-order valence-electron chi connectivity index (χ0n) is 9.87. The van der Waals surface area contributed by atoms with Crippen LogP contribution >= 0.6 is 15.9 Å². The fourth-order valence-corrected chi connectivity index (χ4v) is 2.08. The van der Waals surface area contributed by atoms with Crippen LogP contribution in [0.15, 0.2) is 28.7 Å². The molecule has 0 bridgehead atoms. The van der Waals surface area contributed by atoms with Gasteiger partial charge < -0.3 is 10.6 Å². The van der Waals surface area contributed by atoms with Crippen LogP contribution in [0.2, 0.25) is 0 Å². The minimum atomic E-state index is -0.0647. The lowest BCUT2D eigenvalue weighted by Gasteiger charge is -2.27. The predicted octanol–water partition coefficient (Wildman–Crippen LogP) is 3.36. The second kappa shape index (κ2) is 5.54. The molecule has 2 rings (SSSR count). The number of carbonyl (C=O) groups is 1. The van der Waals surface area contributed by atoms with Gasteiger partial charge in [0.05, 0.1) is 6.04 Å². The van der Waals surface area contributed by atoms with Gasteiger partial charge in [0, 0.05) is 10.5 Å². The topological polar surface area (TPSA) is 41.1 Å². The van der Waals surface area contributed by atoms with Crippen molar-refractivity contribution in [1.29, 1.82) is 0 Å². The Labute approximate surface area is 110 Å². The molecule has 1 aromatic carbocycles. The SMILES string of the molecule is CC(NC(=O)NC1CCC1)c1ccc(Br)cc1. The van der Waals surface area contributed by atoms with Gasteiger partial charge in [0.2, 0.25) is 0 Å². The number of urea groups is 1. The van der Waals surface area contributed by atoms with E-state index in [1.807, 2.05) is 31.2 Å². The lowest BCUT2D eigenvalue weighted by atomic mass is 9.93. The summed E-state index contributed by atoms with van der Waals surface area (Å²) in [6.45, 7) is 1.99. The molecule has 17 heavy (non-hydrogen) atoms. The van der Waals surface area contributed by atoms with Crippen molar-refractivity contribution < 1.29 is 4.79 Å². The van der Waals surface area contributed by atoms with Crippen LogP contribution in [0.1, 0.15) is 37.8 Å². The minimum absolute atomic E-state index is 0.0307. The van der Waals surface area contributed by atoms with E-state index in [9.17, 15) is 4.79 Å². The molecule has 1 fully saturated rings. The van der Waals surface area contributed by atoms with Crippen LogP contribution in [0.25, 0.3) is 0 Å². The molecule has 1 aliphatic rings. The van der Waals surface area contributed by atoms with Crippen molar-refractivity contribution in [3.63, 3.8) is 0 Å². The van der Waals surface area contributed by atoms with Crippen LogP contribution in [0.5, 0.6) is 0 Å². The van der Waals surface area contributed by atoms with Gasteiger partial charge in [0.25, 0.3) is 0 Å². The third kappa shape index (κ3) is 3.46. The maximum absolute atomic E-state index is 11.7. The summed E-state index contributed by atoms with van der Waals surface area (Å²) in [5.74, 6) is 0. The van der Waals surface area contributed by atoms with Gasteiger partial charge >= 0.3 is 6.03 Å². The van der Waals surface area contributed by atoms with Crippen molar-refractivity contribution in [3.8, 4) is 0 Å². The van der Waals surface area contributed by atoms with Gasteiger partial charge in [0.1, 0.15) is 0 Å². The number of hydrogen-bond donors (Lipinski definition) is 2. The highest BCUT2D eigenvalue weighted by atomic mass is 79.9. The predicted molar refractivity (Wildman–Crippen MR) is 71.9 cm³/mol. The van der Waals surface area contributed by atoms with E-state index >= 15 is 0 Å². The molecule has 0 radical (unpaired) electrons. The quantitative estimate of drug-likeness (QED) is 0.882. The van der Waals surface area contributed by atoms with E-state index in [0.717, 1.165) is 22.9 Å². The molecular formula is C13H17BrN2O. The summed E-state index contributed by atoms with van der Waals surface area (Å²) in [6.07, 6.45) is 3.45. The third-order valence-corrected chi connectivity index (χ3v) is 3.69. The molecule has 1 aliphatic carbocycles. The summed E-state index contributed by atoms with van der Waals surface area (Å²) in [5, 5.41) is 5.92. The van der Waals surface area contributed by atoms with Gasteiger partial charge in [-0.3, -0.25) is 0 Å². The summed E-state index contributed by atoms with van der Waals surface area (Å²) in [4.78, 5) is 11.7. The standard InChI is InChI=1S/C13H17BrN2O/c1-9(10-5-7-11(14)8-6-10)15-13(17)16-12-3-2-4-12/h5-9,12H,2-4H2,1H3,(H2,15,16,17). The highest BCUT2D eigenvalue weighted by Crippen LogP contribution is 2.19. The zero-order chi connectivity index (χ0) is 12.3. The van der Waals surface area contributed by atoms with Gasteiger partial charge in [-0.25, -0.2) is 4.79 Å². The Morgan fingerprint density at radius 3 is 2.53 bits per heavy atom. The second-order valence-corrected chi connectivity index (χ2v) is 5.43. The van der Waals surface area contributed by atoms with Crippen molar-refractivity contribution in [3.05, 3.63) is 34.3 Å². The van der Waals surface area contributed by atoms with Crippen molar-refractivity contribution in [2.24, 2.45) is 0 Å². The van der Waals surface area contributed by atoms with Crippen LogP contribution in [-0.2, 0) is 0 Å². The molecule has 2 N–H and O–H groups in total. The lowest BCUT2D eigenvalue weighted by molar-refractivity contribution is 0.225. The van der Waals surface area contributed by atoms with Crippen molar-refractivity contribution in [1.82, 2.24) is 10.6 Å². The first kappa shape index (κ1) is 12.4. The Hall–Kier alpha value is -1.03. The van der Waals surface area contributed by atoms with Crippen LogP contribution in [0.3, 0.4) is 0 Å². The van der Waals surface area contributed by atoms with E-state index in [4.69, 9.17) is 0 Å². The molecule has 0 saturated heterocycles. The number of hydrogen-bond acceptors (Lipinski definition) is 1. The molecule has 2 amide bonds. The van der Waals surface area contributed by atoms with Crippen molar-refractivity contribution >= 4 is 22.0 Å². The Balaban J connectivity index is 1.84. The zero-order valence-corrected chi connectivity index (χ0v) is 11.5. The van der Waals surface area contributed by atoms with Gasteiger partial charge in [-0.2, -0.15) is 0 Å². The van der Waals surface area contributed by atoms with Gasteiger partial charge in [-0.15, -0.1) is 0 Å². The van der Waals surface area contributed by atoms with Gasteiger partial charge in [0.15, 0.2) is 0 Å². The summed E-state index contributed by atoms with van der Waals surface area (Å²) in [7, 11) is 0. The smallest absolute Gasteiger partial charge is 0.315 e. The van der Waals surface area contributed by atoms with Crippen LogP contribution in [0.4, 0.5) is 4.79 Å². The number of nitrogens with one attached hydrogen (secondary N) is 2. The average Bonchev–Trinajstić information content (AvgIpc) is 2.24. The molecular weight excluding hydrogens is 280 g/mol. The molecule has 1 aromatic rings. The highest BCUT2D eigenvalue weighted by molar-refractivity contribution is 9.10. The summed E-state index contributed by atoms with van der Waals surface area (Å²) < 4.78 is 1.05. The van der Waals surface area contributed by atoms with Gasteiger partial charge in [-0.1, -0.05) is 28.1 Å². The van der Waals surface area contributed by atoms with Crippen LogP contribution < -0.4 is 10.6 Å². The minimum Gasteiger partial charge on any atom is -0.335 e. The Bertz CT molecular complexity index is 387. The van der Waals surface area contributed by atoms with E-state index in [2.05, 4.69) is 26.6 Å². The molecule has 1 unspecified atom stereocenters. The molecule has 1 saturated carbocycles. The summed E-state index contributed by atoms with van der Waals surface area (Å²) in [6, 6.07) is 8.34. The molecule has 4 heteroatoms. The average molecular weight is 297 g/mol. The number of halogens is 1. The van der Waals surface area contributed by atoms with E-state index in [0.29, 0.717) is 6.04 Å². The monoisotopic (exact) mass is 296 g/mol. The lowest BCUT2D eigenvalue weighted by Crippen LogP contribution is -2.45. The molecule has 92 valence electrons. The molecule has 0 heterocycles. The number of amides is 2. The molecule has 0 spiro atoms. The number of benzene rings is 1. The first-order valence-electron chi connectivity index (χ1n) is 5.97. The molecule has 3 nitrogen and oxygen atoms in total. The van der Waals surface area contributed by atoms with Crippen LogP contribution in [-0.4, -0.2) is 12.1 Å². The molecule has 0 aliphatic heterocycles. The van der Waals surface area contributed by atoms with Crippen LogP contribution in [0, 0.1) is 0 Å². The maximum Gasteiger partial charge on any atom is 0.315 e. The Morgan fingerprint density at radius 2 is 2.00 bits per heavy atom. The third-order valence-electron chi connectivity index (χ3n) is 3.16. The van der Waals surface area contributed by atoms with E-state index in [1.54, 1.807) is 0 Å².